The van der Waals surface area contributed by atoms with Crippen LogP contribution in [0.5, 0.6) is 0 Å². The zero-order chi connectivity index (χ0) is 9.14. The van der Waals surface area contributed by atoms with Gasteiger partial charge >= 0.3 is 6.55 Å². The van der Waals surface area contributed by atoms with Gasteiger partial charge in [0.15, 0.2) is 5.17 Å². The summed E-state index contributed by atoms with van der Waals surface area (Å²) in [5, 5.41) is 13.8. The minimum Gasteiger partial charge on any atom is -0.410 e. The summed E-state index contributed by atoms with van der Waals surface area (Å²) in [5.41, 5.74) is 0.138. The van der Waals surface area contributed by atoms with Crippen LogP contribution < -0.4 is 0 Å². The van der Waals surface area contributed by atoms with Gasteiger partial charge in [-0.1, -0.05) is 16.8 Å². The summed E-state index contributed by atoms with van der Waals surface area (Å²) < 4.78 is 24.2. The van der Waals surface area contributed by atoms with E-state index < -0.39 is 6.55 Å². The lowest BCUT2D eigenvalue weighted by Gasteiger charge is -1.94. The second-order valence-electron chi connectivity index (χ2n) is 1.88. The van der Waals surface area contributed by atoms with Gasteiger partial charge in [0.25, 0.3) is 0 Å². The van der Waals surface area contributed by atoms with E-state index in [4.69, 9.17) is 16.8 Å². The largest absolute Gasteiger partial charge is 0.410 e. The zero-order valence-electron chi connectivity index (χ0n) is 5.65. The van der Waals surface area contributed by atoms with Crippen LogP contribution in [0.4, 0.5) is 8.78 Å². The van der Waals surface area contributed by atoms with E-state index >= 15 is 0 Å². The Bertz CT molecular complexity index is 299. The molecular weight excluding hydrogens is 192 g/mol. The number of oxime groups is 1. The van der Waals surface area contributed by atoms with Crippen LogP contribution in [0.15, 0.2) is 17.5 Å². The van der Waals surface area contributed by atoms with Crippen molar-refractivity contribution in [3.8, 4) is 0 Å². The monoisotopic (exact) mass is 195 g/mol. The maximum atomic E-state index is 11.9. The molecule has 1 aromatic rings. The highest BCUT2D eigenvalue weighted by atomic mass is 35.5. The number of hydrogen-bond acceptors (Lipinski definition) is 3. The molecule has 0 unspecified atom stereocenters. The molecule has 0 saturated heterocycles. The molecule has 0 aliphatic rings. The average Bonchev–Trinajstić information content (AvgIpc) is 2.51. The number of alkyl halides is 2. The molecule has 0 radical (unpaired) electrons. The molecule has 0 spiro atoms. The third-order valence-electron chi connectivity index (χ3n) is 1.13. The molecule has 0 atom stereocenters. The molecule has 0 amide bonds. The van der Waals surface area contributed by atoms with Crippen molar-refractivity contribution in [3.63, 3.8) is 0 Å². The Morgan fingerprint density at radius 2 is 2.42 bits per heavy atom. The minimum atomic E-state index is -2.72. The fourth-order valence-corrected chi connectivity index (χ4v) is 0.707. The molecule has 0 aromatic carbocycles. The zero-order valence-corrected chi connectivity index (χ0v) is 6.41. The topological polar surface area (TPSA) is 50.4 Å². The Morgan fingerprint density at radius 1 is 1.75 bits per heavy atom. The van der Waals surface area contributed by atoms with Gasteiger partial charge in [-0.15, -0.1) is 0 Å². The van der Waals surface area contributed by atoms with Gasteiger partial charge in [-0.2, -0.15) is 13.9 Å². The van der Waals surface area contributed by atoms with Crippen molar-refractivity contribution in [1.29, 1.82) is 0 Å². The van der Waals surface area contributed by atoms with E-state index in [1.807, 2.05) is 0 Å². The molecular formula is C5H4ClF2N3O. The van der Waals surface area contributed by atoms with E-state index in [0.717, 1.165) is 12.4 Å². The Labute approximate surface area is 71.0 Å². The summed E-state index contributed by atoms with van der Waals surface area (Å²) in [6, 6.07) is 0. The van der Waals surface area contributed by atoms with Crippen molar-refractivity contribution in [3.05, 3.63) is 18.0 Å². The van der Waals surface area contributed by atoms with Crippen LogP contribution in [0.1, 0.15) is 12.1 Å². The number of nitrogens with zero attached hydrogens (tertiary/aromatic N) is 3. The summed E-state index contributed by atoms with van der Waals surface area (Å²) in [4.78, 5) is 0. The number of aromatic nitrogens is 2. The van der Waals surface area contributed by atoms with E-state index in [0.29, 0.717) is 4.68 Å². The van der Waals surface area contributed by atoms with Crippen LogP contribution in [0, 0.1) is 0 Å². The molecule has 0 fully saturated rings. The fourth-order valence-electron chi connectivity index (χ4n) is 0.609. The molecule has 7 heteroatoms. The molecule has 0 aliphatic heterocycles. The number of rotatable bonds is 2. The second kappa shape index (κ2) is 3.48. The molecule has 0 saturated carbocycles. The van der Waals surface area contributed by atoms with Crippen molar-refractivity contribution in [2.75, 3.05) is 0 Å². The highest BCUT2D eigenvalue weighted by Gasteiger charge is 2.09. The van der Waals surface area contributed by atoms with Crippen LogP contribution in [0.2, 0.25) is 0 Å². The summed E-state index contributed by atoms with van der Waals surface area (Å²) in [6.45, 7) is -2.72. The molecule has 4 nitrogen and oxygen atoms in total. The maximum Gasteiger partial charge on any atom is 0.333 e. The summed E-state index contributed by atoms with van der Waals surface area (Å²) in [7, 11) is 0. The number of hydrogen-bond donors (Lipinski definition) is 1. The first-order chi connectivity index (χ1) is 5.65. The quantitative estimate of drug-likeness (QED) is 0.443. The first-order valence-corrected chi connectivity index (χ1v) is 3.23. The van der Waals surface area contributed by atoms with Gasteiger partial charge in [-0.3, -0.25) is 0 Å². The smallest absolute Gasteiger partial charge is 0.333 e. The minimum absolute atomic E-state index is 0.138. The van der Waals surface area contributed by atoms with Crippen LogP contribution in [0.25, 0.3) is 0 Å². The lowest BCUT2D eigenvalue weighted by Crippen LogP contribution is -1.97. The molecule has 0 bridgehead atoms. The van der Waals surface area contributed by atoms with Crippen LogP contribution >= 0.6 is 11.6 Å². The Kier molecular flexibility index (Phi) is 2.59. The van der Waals surface area contributed by atoms with Crippen LogP contribution in [0.3, 0.4) is 0 Å². The van der Waals surface area contributed by atoms with Crippen molar-refractivity contribution >= 4 is 16.8 Å². The fraction of sp³-hybridized carbons (Fsp3) is 0.200. The SMILES string of the molecule is O/N=C(/Cl)c1cnn(C(F)F)c1. The third kappa shape index (κ3) is 1.70. The lowest BCUT2D eigenvalue weighted by molar-refractivity contribution is 0.0566. The van der Waals surface area contributed by atoms with Crippen molar-refractivity contribution < 1.29 is 14.0 Å². The Morgan fingerprint density at radius 3 is 2.83 bits per heavy atom. The normalized spacial score (nSPS) is 12.5. The molecule has 66 valence electrons. The van der Waals surface area contributed by atoms with Gasteiger partial charge < -0.3 is 5.21 Å². The van der Waals surface area contributed by atoms with Crippen molar-refractivity contribution in [2.45, 2.75) is 6.55 Å². The van der Waals surface area contributed by atoms with Crippen LogP contribution in [-0.4, -0.2) is 20.2 Å². The lowest BCUT2D eigenvalue weighted by atomic mass is 10.4. The van der Waals surface area contributed by atoms with E-state index in [1.54, 1.807) is 0 Å². The molecule has 1 aromatic heterocycles. The summed E-state index contributed by atoms with van der Waals surface area (Å²) in [5.74, 6) is 0. The third-order valence-corrected chi connectivity index (χ3v) is 1.42. The predicted molar refractivity (Wildman–Crippen MR) is 37.7 cm³/mol. The first-order valence-electron chi connectivity index (χ1n) is 2.85. The van der Waals surface area contributed by atoms with Gasteiger partial charge in [-0.05, 0) is 0 Å². The van der Waals surface area contributed by atoms with E-state index in [-0.39, 0.29) is 10.7 Å². The molecule has 1 N–H and O–H groups in total. The highest BCUT2D eigenvalue weighted by molar-refractivity contribution is 6.69. The summed E-state index contributed by atoms with van der Waals surface area (Å²) >= 11 is 5.31. The molecule has 1 rings (SSSR count). The van der Waals surface area contributed by atoms with Gasteiger partial charge in [-0.25, -0.2) is 4.68 Å². The van der Waals surface area contributed by atoms with Crippen molar-refractivity contribution in [1.82, 2.24) is 9.78 Å². The van der Waals surface area contributed by atoms with Crippen molar-refractivity contribution in [2.24, 2.45) is 5.16 Å². The van der Waals surface area contributed by atoms with E-state index in [1.165, 1.54) is 0 Å². The standard InChI is InChI=1S/C5H4ClF2N3O/c6-4(10-12)3-1-9-11(2-3)5(7)8/h1-2,5,12H/b10-4+. The van der Waals surface area contributed by atoms with Gasteiger partial charge in [0, 0.05) is 6.20 Å². The highest BCUT2D eigenvalue weighted by Crippen LogP contribution is 2.11. The van der Waals surface area contributed by atoms with Gasteiger partial charge in [0.1, 0.15) is 0 Å². The first kappa shape index (κ1) is 8.92. The predicted octanol–water partition coefficient (Wildman–Crippen LogP) is 1.65. The number of halogens is 3. The molecule has 1 heterocycles. The van der Waals surface area contributed by atoms with Crippen LogP contribution in [-0.2, 0) is 0 Å². The second-order valence-corrected chi connectivity index (χ2v) is 2.24. The van der Waals surface area contributed by atoms with E-state index in [9.17, 15) is 8.78 Å². The molecule has 0 aliphatic carbocycles. The maximum absolute atomic E-state index is 11.9. The van der Waals surface area contributed by atoms with E-state index in [2.05, 4.69) is 10.3 Å². The average molecular weight is 196 g/mol. The Hall–Kier alpha value is -1.17. The molecule has 12 heavy (non-hydrogen) atoms. The summed E-state index contributed by atoms with van der Waals surface area (Å²) in [6.07, 6.45) is 2.06. The van der Waals surface area contributed by atoms with Gasteiger partial charge in [0.2, 0.25) is 0 Å². The van der Waals surface area contributed by atoms with Gasteiger partial charge in [0.05, 0.1) is 11.8 Å². The Balaban J connectivity index is 2.92.